The summed E-state index contributed by atoms with van der Waals surface area (Å²) in [4.78, 5) is 29.9. The highest BCUT2D eigenvalue weighted by molar-refractivity contribution is 6.35. The van der Waals surface area contributed by atoms with E-state index in [0.29, 0.717) is 17.8 Å². The Bertz CT molecular complexity index is 716. The summed E-state index contributed by atoms with van der Waals surface area (Å²) in [7, 11) is 1.77. The number of aliphatic hydroxyl groups is 1. The Balaban J connectivity index is 1.98. The van der Waals surface area contributed by atoms with Gasteiger partial charge in [-0.2, -0.15) is 0 Å². The van der Waals surface area contributed by atoms with Crippen molar-refractivity contribution in [3.8, 4) is 0 Å². The van der Waals surface area contributed by atoms with E-state index in [9.17, 15) is 14.7 Å². The highest BCUT2D eigenvalue weighted by Crippen LogP contribution is 2.35. The van der Waals surface area contributed by atoms with Crippen LogP contribution in [0, 0.1) is 6.92 Å². The number of carbonyl (C=O) groups excluding carboxylic acids is 2. The zero-order valence-electron chi connectivity index (χ0n) is 16.4. The van der Waals surface area contributed by atoms with Gasteiger partial charge in [0.15, 0.2) is 0 Å². The van der Waals surface area contributed by atoms with Gasteiger partial charge in [0.1, 0.15) is 5.70 Å². The smallest absolute Gasteiger partial charge is 0.278 e. The lowest BCUT2D eigenvalue weighted by atomic mass is 9.95. The van der Waals surface area contributed by atoms with E-state index in [-0.39, 0.29) is 24.5 Å². The molecule has 0 radical (unpaired) electrons. The monoisotopic (exact) mass is 370 g/mol. The van der Waals surface area contributed by atoms with E-state index >= 15 is 0 Å². The molecular formula is C22H30N2O3. The van der Waals surface area contributed by atoms with E-state index < -0.39 is 0 Å². The number of hydrogen-bond acceptors (Lipinski definition) is 4. The number of aryl methyl sites for hydroxylation is 1. The summed E-state index contributed by atoms with van der Waals surface area (Å²) in [5.41, 5.74) is 2.77. The largest absolute Gasteiger partial charge is 0.395 e. The second-order valence-corrected chi connectivity index (χ2v) is 7.71. The van der Waals surface area contributed by atoms with Crippen LogP contribution in [0.25, 0.3) is 5.57 Å². The number of rotatable bonds is 5. The van der Waals surface area contributed by atoms with Crippen molar-refractivity contribution in [3.63, 3.8) is 0 Å². The molecule has 0 saturated heterocycles. The third-order valence-electron chi connectivity index (χ3n) is 5.69. The number of carbonyl (C=O) groups is 2. The molecule has 1 N–H and O–H groups in total. The molecule has 146 valence electrons. The molecule has 27 heavy (non-hydrogen) atoms. The summed E-state index contributed by atoms with van der Waals surface area (Å²) in [5.74, 6) is -0.397. The SMILES string of the molecule is Cc1ccc(C2=C(N(C)CCO)C(=O)N(C3CCCCCCC3)C2=O)cc1. The lowest BCUT2D eigenvalue weighted by molar-refractivity contribution is -0.140. The van der Waals surface area contributed by atoms with Crippen LogP contribution in [0.3, 0.4) is 0 Å². The number of nitrogens with zero attached hydrogens (tertiary/aromatic N) is 2. The standard InChI is InChI=1S/C22H30N2O3/c1-16-10-12-17(13-11-16)19-20(23(2)14-15-25)22(27)24(21(19)26)18-8-6-4-3-5-7-9-18/h10-13,18,25H,3-9,14-15H2,1-2H3. The van der Waals surface area contributed by atoms with Gasteiger partial charge in [0.25, 0.3) is 11.8 Å². The molecule has 3 rings (SSSR count). The molecule has 1 aliphatic heterocycles. The van der Waals surface area contributed by atoms with Gasteiger partial charge < -0.3 is 10.0 Å². The predicted octanol–water partition coefficient (Wildman–Crippen LogP) is 3.11. The summed E-state index contributed by atoms with van der Waals surface area (Å²) >= 11 is 0. The molecule has 1 aromatic rings. The third-order valence-corrected chi connectivity index (χ3v) is 5.69. The number of likely N-dealkylation sites (N-methyl/N-ethyl adjacent to an activating group) is 1. The van der Waals surface area contributed by atoms with E-state index in [2.05, 4.69) is 0 Å². The maximum atomic E-state index is 13.4. The van der Waals surface area contributed by atoms with Crippen molar-refractivity contribution in [2.45, 2.75) is 57.9 Å². The zero-order chi connectivity index (χ0) is 19.4. The Labute approximate surface area is 161 Å². The molecule has 0 bridgehead atoms. The van der Waals surface area contributed by atoms with Gasteiger partial charge in [0, 0.05) is 19.6 Å². The lowest BCUT2D eigenvalue weighted by Crippen LogP contribution is -2.42. The van der Waals surface area contributed by atoms with E-state index in [1.54, 1.807) is 11.9 Å². The van der Waals surface area contributed by atoms with Crippen molar-refractivity contribution < 1.29 is 14.7 Å². The van der Waals surface area contributed by atoms with E-state index in [1.165, 1.54) is 24.2 Å². The van der Waals surface area contributed by atoms with Crippen LogP contribution < -0.4 is 0 Å². The van der Waals surface area contributed by atoms with Gasteiger partial charge in [-0.3, -0.25) is 14.5 Å². The fourth-order valence-electron chi connectivity index (χ4n) is 4.16. The molecule has 0 aromatic heterocycles. The van der Waals surface area contributed by atoms with Crippen molar-refractivity contribution >= 4 is 17.4 Å². The van der Waals surface area contributed by atoms with Crippen molar-refractivity contribution in [2.24, 2.45) is 0 Å². The Morgan fingerprint density at radius 3 is 2.19 bits per heavy atom. The number of imide groups is 1. The molecule has 1 saturated carbocycles. The first-order valence-electron chi connectivity index (χ1n) is 10.1. The van der Waals surface area contributed by atoms with Gasteiger partial charge in [-0.1, -0.05) is 61.9 Å². The van der Waals surface area contributed by atoms with Crippen LogP contribution in [0.1, 0.15) is 56.1 Å². The fraction of sp³-hybridized carbons (Fsp3) is 0.545. The molecule has 1 aliphatic carbocycles. The van der Waals surface area contributed by atoms with Gasteiger partial charge in [0.2, 0.25) is 0 Å². The minimum Gasteiger partial charge on any atom is -0.395 e. The van der Waals surface area contributed by atoms with Crippen LogP contribution in [0.5, 0.6) is 0 Å². The minimum atomic E-state index is -0.211. The van der Waals surface area contributed by atoms with Crippen LogP contribution in [-0.2, 0) is 9.59 Å². The average molecular weight is 370 g/mol. The van der Waals surface area contributed by atoms with E-state index in [1.807, 2.05) is 31.2 Å². The number of benzene rings is 1. The van der Waals surface area contributed by atoms with Crippen molar-refractivity contribution in [2.75, 3.05) is 20.2 Å². The second kappa shape index (κ2) is 8.70. The molecule has 5 nitrogen and oxygen atoms in total. The first-order chi connectivity index (χ1) is 13.0. The van der Waals surface area contributed by atoms with Crippen LogP contribution in [0.15, 0.2) is 30.0 Å². The molecule has 1 fully saturated rings. The van der Waals surface area contributed by atoms with Gasteiger partial charge in [0.05, 0.1) is 12.2 Å². The predicted molar refractivity (Wildman–Crippen MR) is 106 cm³/mol. The molecular weight excluding hydrogens is 340 g/mol. The highest BCUT2D eigenvalue weighted by atomic mass is 16.3. The maximum Gasteiger partial charge on any atom is 0.278 e. The number of aliphatic hydroxyl groups excluding tert-OH is 1. The summed E-state index contributed by atoms with van der Waals surface area (Å²) in [6, 6.07) is 7.71. The van der Waals surface area contributed by atoms with Gasteiger partial charge in [-0.05, 0) is 25.3 Å². The van der Waals surface area contributed by atoms with Gasteiger partial charge in [-0.25, -0.2) is 0 Å². The van der Waals surface area contributed by atoms with Crippen molar-refractivity contribution in [3.05, 3.63) is 41.1 Å². The Hall–Kier alpha value is -2.14. The van der Waals surface area contributed by atoms with Crippen molar-refractivity contribution in [1.29, 1.82) is 0 Å². The summed E-state index contributed by atoms with van der Waals surface area (Å²) in [5, 5.41) is 9.35. The van der Waals surface area contributed by atoms with Gasteiger partial charge in [-0.15, -0.1) is 0 Å². The average Bonchev–Trinajstić information content (AvgIpc) is 2.87. The number of amides is 2. The molecule has 1 aromatic carbocycles. The maximum absolute atomic E-state index is 13.4. The van der Waals surface area contributed by atoms with E-state index in [4.69, 9.17) is 0 Å². The molecule has 5 heteroatoms. The quantitative estimate of drug-likeness (QED) is 0.809. The minimum absolute atomic E-state index is 0.0224. The van der Waals surface area contributed by atoms with Crippen LogP contribution in [0.4, 0.5) is 0 Å². The first-order valence-corrected chi connectivity index (χ1v) is 10.1. The summed E-state index contributed by atoms with van der Waals surface area (Å²) in [6.45, 7) is 2.26. The molecule has 0 unspecified atom stereocenters. The summed E-state index contributed by atoms with van der Waals surface area (Å²) < 4.78 is 0. The molecule has 2 aliphatic rings. The Morgan fingerprint density at radius 1 is 1.00 bits per heavy atom. The molecule has 1 heterocycles. The first kappa shape index (κ1) is 19.6. The molecule has 0 spiro atoms. The van der Waals surface area contributed by atoms with E-state index in [0.717, 1.165) is 36.8 Å². The Morgan fingerprint density at radius 2 is 1.59 bits per heavy atom. The van der Waals surface area contributed by atoms with Crippen molar-refractivity contribution in [1.82, 2.24) is 9.80 Å². The van der Waals surface area contributed by atoms with Crippen LogP contribution in [-0.4, -0.2) is 53.0 Å². The van der Waals surface area contributed by atoms with Gasteiger partial charge >= 0.3 is 0 Å². The molecule has 0 atom stereocenters. The fourth-order valence-corrected chi connectivity index (χ4v) is 4.16. The second-order valence-electron chi connectivity index (χ2n) is 7.71. The van der Waals surface area contributed by atoms with Crippen LogP contribution in [0.2, 0.25) is 0 Å². The number of hydrogen-bond donors (Lipinski definition) is 1. The molecule has 2 amide bonds. The summed E-state index contributed by atoms with van der Waals surface area (Å²) in [6.07, 6.45) is 7.47. The highest BCUT2D eigenvalue weighted by Gasteiger charge is 2.43. The Kier molecular flexibility index (Phi) is 6.32. The normalized spacial score (nSPS) is 19.4. The van der Waals surface area contributed by atoms with Crippen LogP contribution >= 0.6 is 0 Å². The lowest BCUT2D eigenvalue weighted by Gasteiger charge is -2.29. The topological polar surface area (TPSA) is 60.9 Å². The zero-order valence-corrected chi connectivity index (χ0v) is 16.4. The third kappa shape index (κ3) is 4.08.